The van der Waals surface area contributed by atoms with Gasteiger partial charge in [0, 0.05) is 23.7 Å². The molecule has 0 fully saturated rings. The van der Waals surface area contributed by atoms with Gasteiger partial charge in [0.1, 0.15) is 16.5 Å². The highest BCUT2D eigenvalue weighted by molar-refractivity contribution is 14.0. The lowest BCUT2D eigenvalue weighted by atomic mass is 10.1. The van der Waals surface area contributed by atoms with Crippen LogP contribution in [0.5, 0.6) is 11.5 Å². The fourth-order valence-electron chi connectivity index (χ4n) is 2.30. The van der Waals surface area contributed by atoms with Crippen LogP contribution in [0.4, 0.5) is 0 Å². The molecule has 1 heterocycles. The molecule has 0 amide bonds. The predicted octanol–water partition coefficient (Wildman–Crippen LogP) is 3.51. The second-order valence-corrected chi connectivity index (χ2v) is 6.58. The summed E-state index contributed by atoms with van der Waals surface area (Å²) in [6.07, 6.45) is 1.88. The van der Waals surface area contributed by atoms with Crippen molar-refractivity contribution in [1.82, 2.24) is 15.6 Å². The zero-order chi connectivity index (χ0) is 17.5. The van der Waals surface area contributed by atoms with Crippen molar-refractivity contribution in [2.45, 2.75) is 26.4 Å². The number of aromatic nitrogens is 1. The van der Waals surface area contributed by atoms with Crippen LogP contribution in [0.15, 0.2) is 29.4 Å². The molecule has 1 aromatic heterocycles. The van der Waals surface area contributed by atoms with Crippen LogP contribution in [0.1, 0.15) is 28.4 Å². The molecule has 1 aromatic carbocycles. The average Bonchev–Trinajstić information content (AvgIpc) is 3.03. The third-order valence-corrected chi connectivity index (χ3v) is 4.47. The Morgan fingerprint density at radius 3 is 2.64 bits per heavy atom. The molecule has 0 spiro atoms. The number of nitrogens with zero attached hydrogens (tertiary/aromatic N) is 2. The van der Waals surface area contributed by atoms with E-state index in [0.29, 0.717) is 12.5 Å². The molecule has 8 heteroatoms. The number of thiazole rings is 1. The largest absolute Gasteiger partial charge is 0.497 e. The smallest absolute Gasteiger partial charge is 0.191 e. The number of aliphatic imine (C=N–C) groups is 1. The minimum absolute atomic E-state index is 0. The van der Waals surface area contributed by atoms with Gasteiger partial charge in [0.05, 0.1) is 26.8 Å². The quantitative estimate of drug-likeness (QED) is 0.380. The summed E-state index contributed by atoms with van der Waals surface area (Å²) < 4.78 is 10.8. The molecule has 0 bridgehead atoms. The molecule has 2 aromatic rings. The van der Waals surface area contributed by atoms with Crippen LogP contribution in [0.25, 0.3) is 0 Å². The van der Waals surface area contributed by atoms with E-state index in [1.807, 2.05) is 31.3 Å². The number of hydrogen-bond acceptors (Lipinski definition) is 5. The molecule has 0 saturated carbocycles. The van der Waals surface area contributed by atoms with Gasteiger partial charge >= 0.3 is 0 Å². The molecular weight excluding hydrogens is 451 g/mol. The Labute approximate surface area is 170 Å². The average molecular weight is 476 g/mol. The monoisotopic (exact) mass is 476 g/mol. The Morgan fingerprint density at radius 2 is 2.08 bits per heavy atom. The summed E-state index contributed by atoms with van der Waals surface area (Å²) in [5.74, 6) is 2.31. The molecule has 2 rings (SSSR count). The molecule has 25 heavy (non-hydrogen) atoms. The lowest BCUT2D eigenvalue weighted by Crippen LogP contribution is -2.38. The van der Waals surface area contributed by atoms with Gasteiger partial charge in [-0.05, 0) is 32.0 Å². The van der Waals surface area contributed by atoms with E-state index in [1.54, 1.807) is 32.6 Å². The van der Waals surface area contributed by atoms with Crippen molar-refractivity contribution in [3.8, 4) is 11.5 Å². The van der Waals surface area contributed by atoms with Gasteiger partial charge in [0.2, 0.25) is 0 Å². The molecule has 1 atom stereocenters. The second-order valence-electron chi connectivity index (χ2n) is 5.26. The van der Waals surface area contributed by atoms with Crippen LogP contribution in [0.2, 0.25) is 0 Å². The molecule has 1 unspecified atom stereocenters. The number of nitrogens with one attached hydrogen (secondary N) is 2. The Hall–Kier alpha value is -1.55. The van der Waals surface area contributed by atoms with Crippen molar-refractivity contribution in [1.29, 1.82) is 0 Å². The Bertz CT molecular complexity index is 706. The van der Waals surface area contributed by atoms with E-state index >= 15 is 0 Å². The van der Waals surface area contributed by atoms with E-state index in [4.69, 9.17) is 9.47 Å². The topological polar surface area (TPSA) is 67.8 Å². The number of halogens is 1. The maximum atomic E-state index is 5.45. The van der Waals surface area contributed by atoms with E-state index in [0.717, 1.165) is 22.1 Å². The van der Waals surface area contributed by atoms with Crippen molar-refractivity contribution in [3.63, 3.8) is 0 Å². The molecule has 6 nitrogen and oxygen atoms in total. The molecule has 0 aliphatic carbocycles. The van der Waals surface area contributed by atoms with Gasteiger partial charge in [-0.25, -0.2) is 4.98 Å². The van der Waals surface area contributed by atoms with Gasteiger partial charge in [-0.1, -0.05) is 0 Å². The minimum Gasteiger partial charge on any atom is -0.497 e. The maximum Gasteiger partial charge on any atom is 0.191 e. The SMILES string of the molecule is CN=C(NCc1ncc(C)s1)NC(C)c1cc(OC)ccc1OC.I. The fraction of sp³-hybridized carbons (Fsp3) is 0.412. The Morgan fingerprint density at radius 1 is 1.32 bits per heavy atom. The number of benzene rings is 1. The number of aryl methyl sites for hydroxylation is 1. The first-order chi connectivity index (χ1) is 11.6. The summed E-state index contributed by atoms with van der Waals surface area (Å²) in [5, 5.41) is 7.68. The van der Waals surface area contributed by atoms with Crippen LogP contribution in [0.3, 0.4) is 0 Å². The van der Waals surface area contributed by atoms with E-state index in [1.165, 1.54) is 4.88 Å². The first-order valence-electron chi connectivity index (χ1n) is 7.67. The molecule has 0 aliphatic rings. The third kappa shape index (κ3) is 6.03. The zero-order valence-corrected chi connectivity index (χ0v) is 18.3. The summed E-state index contributed by atoms with van der Waals surface area (Å²) in [5.41, 5.74) is 1.00. The first kappa shape index (κ1) is 21.5. The highest BCUT2D eigenvalue weighted by Crippen LogP contribution is 2.29. The van der Waals surface area contributed by atoms with Crippen LogP contribution in [-0.4, -0.2) is 32.2 Å². The molecule has 0 saturated heterocycles. The van der Waals surface area contributed by atoms with Crippen LogP contribution >= 0.6 is 35.3 Å². The summed E-state index contributed by atoms with van der Waals surface area (Å²) in [6.45, 7) is 4.74. The fourth-order valence-corrected chi connectivity index (χ4v) is 3.02. The number of guanidine groups is 1. The lowest BCUT2D eigenvalue weighted by Gasteiger charge is -2.20. The number of hydrogen-bond donors (Lipinski definition) is 2. The normalized spacial score (nSPS) is 12.1. The van der Waals surface area contributed by atoms with Crippen molar-refractivity contribution < 1.29 is 9.47 Å². The van der Waals surface area contributed by atoms with Crippen molar-refractivity contribution in [2.24, 2.45) is 4.99 Å². The van der Waals surface area contributed by atoms with Crippen molar-refractivity contribution in [3.05, 3.63) is 39.8 Å². The van der Waals surface area contributed by atoms with Gasteiger partial charge in [-0.15, -0.1) is 35.3 Å². The maximum absolute atomic E-state index is 5.45. The number of ether oxygens (including phenoxy) is 2. The first-order valence-corrected chi connectivity index (χ1v) is 8.49. The molecule has 138 valence electrons. The van der Waals surface area contributed by atoms with E-state index in [-0.39, 0.29) is 30.0 Å². The Balaban J connectivity index is 0.00000312. The lowest BCUT2D eigenvalue weighted by molar-refractivity contribution is 0.394. The molecule has 2 N–H and O–H groups in total. The van der Waals surface area contributed by atoms with E-state index < -0.39 is 0 Å². The second kappa shape index (κ2) is 10.4. The molecule has 0 radical (unpaired) electrons. The van der Waals surface area contributed by atoms with Gasteiger partial charge in [-0.3, -0.25) is 4.99 Å². The summed E-state index contributed by atoms with van der Waals surface area (Å²) in [6, 6.07) is 5.75. The van der Waals surface area contributed by atoms with Gasteiger partial charge < -0.3 is 20.1 Å². The predicted molar refractivity (Wildman–Crippen MR) is 114 cm³/mol. The van der Waals surface area contributed by atoms with Crippen LogP contribution < -0.4 is 20.1 Å². The summed E-state index contributed by atoms with van der Waals surface area (Å²) in [4.78, 5) is 9.82. The standard InChI is InChI=1S/C17H24N4O2S.HI/c1-11-9-19-16(24-11)10-20-17(18-3)21-12(2)14-8-13(22-4)6-7-15(14)23-5;/h6-9,12H,10H2,1-5H3,(H2,18,20,21);1H. The molecule has 0 aliphatic heterocycles. The van der Waals surface area contributed by atoms with E-state index in [9.17, 15) is 0 Å². The highest BCUT2D eigenvalue weighted by atomic mass is 127. The Kier molecular flexibility index (Phi) is 8.98. The van der Waals surface area contributed by atoms with E-state index in [2.05, 4.69) is 27.5 Å². The number of methoxy groups -OCH3 is 2. The summed E-state index contributed by atoms with van der Waals surface area (Å²) >= 11 is 1.67. The highest BCUT2D eigenvalue weighted by Gasteiger charge is 2.14. The molecular formula is C17H25IN4O2S. The third-order valence-electron chi connectivity index (χ3n) is 3.56. The minimum atomic E-state index is -0.000666. The van der Waals surface area contributed by atoms with Gasteiger partial charge in [0.15, 0.2) is 5.96 Å². The zero-order valence-electron chi connectivity index (χ0n) is 15.1. The van der Waals surface area contributed by atoms with Crippen molar-refractivity contribution in [2.75, 3.05) is 21.3 Å². The van der Waals surface area contributed by atoms with Gasteiger partial charge in [0.25, 0.3) is 0 Å². The van der Waals surface area contributed by atoms with Crippen LogP contribution in [0, 0.1) is 6.92 Å². The van der Waals surface area contributed by atoms with Gasteiger partial charge in [-0.2, -0.15) is 0 Å². The summed E-state index contributed by atoms with van der Waals surface area (Å²) in [7, 11) is 5.06. The van der Waals surface area contributed by atoms with Crippen LogP contribution in [-0.2, 0) is 6.54 Å². The number of rotatable bonds is 6. The van der Waals surface area contributed by atoms with Crippen molar-refractivity contribution >= 4 is 41.3 Å².